The molecule has 1 aliphatic heterocycles. The number of hydrogen-bond donors (Lipinski definition) is 1. The number of alkyl halides is 3. The van der Waals surface area contributed by atoms with Gasteiger partial charge >= 0.3 is 6.18 Å². The van der Waals surface area contributed by atoms with Crippen molar-refractivity contribution in [2.24, 2.45) is 0 Å². The van der Waals surface area contributed by atoms with Crippen LogP contribution in [-0.4, -0.2) is 53.5 Å². The van der Waals surface area contributed by atoms with Gasteiger partial charge in [0, 0.05) is 43.3 Å². The van der Waals surface area contributed by atoms with E-state index in [-0.39, 0.29) is 12.5 Å². The monoisotopic (exact) mass is 497 g/mol. The van der Waals surface area contributed by atoms with Crippen molar-refractivity contribution in [2.45, 2.75) is 12.6 Å². The van der Waals surface area contributed by atoms with Crippen LogP contribution in [0.15, 0.2) is 41.9 Å². The summed E-state index contributed by atoms with van der Waals surface area (Å²) >= 11 is 1.18. The molecule has 6 nitrogen and oxygen atoms in total. The fraction of sp³-hybridized carbons (Fsp3) is 0.318. The Morgan fingerprint density at radius 1 is 1.06 bits per heavy atom. The average molecular weight is 497 g/mol. The largest absolute Gasteiger partial charge is 0.417 e. The molecule has 12 heteroatoms. The third-order valence-corrected chi connectivity index (χ3v) is 6.08. The Bertz CT molecular complexity index is 1150. The predicted molar refractivity (Wildman–Crippen MR) is 119 cm³/mol. The van der Waals surface area contributed by atoms with E-state index in [1.165, 1.54) is 23.5 Å². The summed E-state index contributed by atoms with van der Waals surface area (Å²) in [4.78, 5) is 24.5. The first kappa shape index (κ1) is 24.0. The van der Waals surface area contributed by atoms with E-state index in [0.29, 0.717) is 54.8 Å². The molecule has 180 valence electrons. The highest BCUT2D eigenvalue weighted by molar-refractivity contribution is 7.14. The Labute approximate surface area is 196 Å². The summed E-state index contributed by atoms with van der Waals surface area (Å²) in [6, 6.07) is 5.85. The van der Waals surface area contributed by atoms with Gasteiger partial charge in [0.05, 0.1) is 17.8 Å². The first-order chi connectivity index (χ1) is 16.2. The van der Waals surface area contributed by atoms with Crippen LogP contribution in [0.5, 0.6) is 0 Å². The molecule has 0 unspecified atom stereocenters. The SMILES string of the molecule is O=C(CN1CCCN(c2ccc(C(F)(F)F)cn2)CC1)Nc1nc(-c2ccc(F)c(F)c2)cs1. The Balaban J connectivity index is 1.30. The number of pyridine rings is 1. The second kappa shape index (κ2) is 10.0. The van der Waals surface area contributed by atoms with Gasteiger partial charge in [-0.1, -0.05) is 0 Å². The Hall–Kier alpha value is -3.12. The molecule has 1 aromatic carbocycles. The van der Waals surface area contributed by atoms with E-state index < -0.39 is 23.4 Å². The summed E-state index contributed by atoms with van der Waals surface area (Å²) in [5.74, 6) is -1.73. The van der Waals surface area contributed by atoms with Gasteiger partial charge in [-0.2, -0.15) is 13.2 Å². The highest BCUT2D eigenvalue weighted by Gasteiger charge is 2.31. The van der Waals surface area contributed by atoms with E-state index in [1.54, 1.807) is 5.38 Å². The molecule has 0 bridgehead atoms. The number of nitrogens with one attached hydrogen (secondary N) is 1. The standard InChI is InChI=1S/C22H20F5N5OS/c23-16-4-2-14(10-17(16)24)18-13-34-21(29-18)30-20(33)12-31-6-1-7-32(9-8-31)19-5-3-15(11-28-19)22(25,26)27/h2-5,10-11,13H,1,6-9,12H2,(H,29,30,33). The molecule has 3 heterocycles. The molecule has 1 saturated heterocycles. The summed E-state index contributed by atoms with van der Waals surface area (Å²) < 4.78 is 64.8. The molecule has 1 amide bonds. The Morgan fingerprint density at radius 3 is 2.59 bits per heavy atom. The number of carbonyl (C=O) groups is 1. The molecule has 2 aromatic heterocycles. The van der Waals surface area contributed by atoms with Gasteiger partial charge in [0.25, 0.3) is 0 Å². The maximum absolute atomic E-state index is 13.4. The van der Waals surface area contributed by atoms with Crippen LogP contribution in [0.3, 0.4) is 0 Å². The highest BCUT2D eigenvalue weighted by Crippen LogP contribution is 2.29. The lowest BCUT2D eigenvalue weighted by atomic mass is 10.2. The molecule has 0 aliphatic carbocycles. The fourth-order valence-electron chi connectivity index (χ4n) is 3.58. The number of anilines is 2. The molecule has 0 spiro atoms. The first-order valence-electron chi connectivity index (χ1n) is 10.4. The third kappa shape index (κ3) is 5.86. The van der Waals surface area contributed by atoms with E-state index >= 15 is 0 Å². The average Bonchev–Trinajstić information content (AvgIpc) is 3.12. The fourth-order valence-corrected chi connectivity index (χ4v) is 4.32. The van der Waals surface area contributed by atoms with E-state index in [9.17, 15) is 26.7 Å². The van der Waals surface area contributed by atoms with Crippen molar-refractivity contribution >= 4 is 28.2 Å². The van der Waals surface area contributed by atoms with Crippen LogP contribution in [0.4, 0.5) is 32.9 Å². The van der Waals surface area contributed by atoms with Crippen molar-refractivity contribution in [1.29, 1.82) is 0 Å². The van der Waals surface area contributed by atoms with E-state index in [4.69, 9.17) is 0 Å². The second-order valence-electron chi connectivity index (χ2n) is 7.73. The Morgan fingerprint density at radius 2 is 1.88 bits per heavy atom. The zero-order valence-electron chi connectivity index (χ0n) is 17.8. The van der Waals surface area contributed by atoms with Gasteiger partial charge in [0.1, 0.15) is 5.82 Å². The number of benzene rings is 1. The summed E-state index contributed by atoms with van der Waals surface area (Å²) in [6.07, 6.45) is -2.89. The van der Waals surface area contributed by atoms with Crippen molar-refractivity contribution in [3.8, 4) is 11.3 Å². The van der Waals surface area contributed by atoms with Gasteiger partial charge in [-0.05, 0) is 36.8 Å². The minimum Gasteiger partial charge on any atom is -0.355 e. The molecule has 4 rings (SSSR count). The zero-order chi connectivity index (χ0) is 24.3. The number of rotatable bonds is 5. The number of amides is 1. The molecule has 1 aliphatic rings. The summed E-state index contributed by atoms with van der Waals surface area (Å²) in [5.41, 5.74) is 0.0352. The maximum Gasteiger partial charge on any atom is 0.417 e. The minimum atomic E-state index is -4.43. The predicted octanol–water partition coefficient (Wildman–Crippen LogP) is 4.65. The van der Waals surface area contributed by atoms with Crippen LogP contribution >= 0.6 is 11.3 Å². The van der Waals surface area contributed by atoms with Gasteiger partial charge in [-0.25, -0.2) is 18.7 Å². The number of carbonyl (C=O) groups excluding carboxylic acids is 1. The van der Waals surface area contributed by atoms with Gasteiger partial charge in [0.15, 0.2) is 16.8 Å². The van der Waals surface area contributed by atoms with Crippen molar-refractivity contribution in [3.63, 3.8) is 0 Å². The Kier molecular flexibility index (Phi) is 7.08. The van der Waals surface area contributed by atoms with Gasteiger partial charge < -0.3 is 10.2 Å². The van der Waals surface area contributed by atoms with E-state index in [1.807, 2.05) is 9.80 Å². The van der Waals surface area contributed by atoms with Crippen LogP contribution in [0.25, 0.3) is 11.3 Å². The zero-order valence-corrected chi connectivity index (χ0v) is 18.6. The third-order valence-electron chi connectivity index (χ3n) is 5.32. The topological polar surface area (TPSA) is 61.4 Å². The van der Waals surface area contributed by atoms with Crippen molar-refractivity contribution in [2.75, 3.05) is 42.9 Å². The molecule has 0 atom stereocenters. The van der Waals surface area contributed by atoms with Crippen LogP contribution in [0.2, 0.25) is 0 Å². The van der Waals surface area contributed by atoms with E-state index in [2.05, 4.69) is 15.3 Å². The van der Waals surface area contributed by atoms with Gasteiger partial charge in [-0.3, -0.25) is 9.69 Å². The molecule has 0 saturated carbocycles. The van der Waals surface area contributed by atoms with Crippen molar-refractivity contribution in [1.82, 2.24) is 14.9 Å². The molecular weight excluding hydrogens is 477 g/mol. The lowest BCUT2D eigenvalue weighted by Gasteiger charge is -2.22. The van der Waals surface area contributed by atoms with Gasteiger partial charge in [-0.15, -0.1) is 11.3 Å². The molecular formula is C22H20F5N5OS. The lowest BCUT2D eigenvalue weighted by molar-refractivity contribution is -0.137. The molecule has 34 heavy (non-hydrogen) atoms. The lowest BCUT2D eigenvalue weighted by Crippen LogP contribution is -2.36. The number of aromatic nitrogens is 2. The quantitative estimate of drug-likeness (QED) is 0.520. The molecule has 1 N–H and O–H groups in total. The number of thiazole rings is 1. The van der Waals surface area contributed by atoms with Crippen molar-refractivity contribution in [3.05, 3.63) is 59.1 Å². The number of halogens is 5. The number of hydrogen-bond acceptors (Lipinski definition) is 6. The summed E-state index contributed by atoms with van der Waals surface area (Å²) in [7, 11) is 0. The molecule has 3 aromatic rings. The highest BCUT2D eigenvalue weighted by atomic mass is 32.1. The first-order valence-corrected chi connectivity index (χ1v) is 11.3. The van der Waals surface area contributed by atoms with Crippen LogP contribution < -0.4 is 10.2 Å². The summed E-state index contributed by atoms with van der Waals surface area (Å²) in [6.45, 7) is 2.43. The van der Waals surface area contributed by atoms with Crippen LogP contribution in [0.1, 0.15) is 12.0 Å². The van der Waals surface area contributed by atoms with Gasteiger partial charge in [0.2, 0.25) is 5.91 Å². The molecule has 1 fully saturated rings. The van der Waals surface area contributed by atoms with E-state index in [0.717, 1.165) is 24.4 Å². The normalized spacial score (nSPS) is 15.3. The van der Waals surface area contributed by atoms with Crippen LogP contribution in [-0.2, 0) is 11.0 Å². The maximum atomic E-state index is 13.4. The number of nitrogens with zero attached hydrogens (tertiary/aromatic N) is 4. The van der Waals surface area contributed by atoms with Crippen LogP contribution in [0, 0.1) is 11.6 Å². The molecule has 0 radical (unpaired) electrons. The minimum absolute atomic E-state index is 0.119. The smallest absolute Gasteiger partial charge is 0.355 e. The van der Waals surface area contributed by atoms with Crippen molar-refractivity contribution < 1.29 is 26.7 Å². The summed E-state index contributed by atoms with van der Waals surface area (Å²) in [5, 5.41) is 4.70. The second-order valence-corrected chi connectivity index (χ2v) is 8.59.